The lowest BCUT2D eigenvalue weighted by molar-refractivity contribution is -0.246. The Morgan fingerprint density at radius 1 is 0.963 bits per heavy atom. The molecule has 7 heteroatoms. The molecule has 1 saturated heterocycles. The van der Waals surface area contributed by atoms with Crippen LogP contribution in [0.25, 0.3) is 10.4 Å². The van der Waals surface area contributed by atoms with Crippen molar-refractivity contribution in [2.24, 2.45) is 5.11 Å². The van der Waals surface area contributed by atoms with E-state index in [1.165, 1.54) is 0 Å². The van der Waals surface area contributed by atoms with Crippen LogP contribution in [-0.4, -0.2) is 35.8 Å². The zero-order chi connectivity index (χ0) is 19.1. The van der Waals surface area contributed by atoms with E-state index in [0.29, 0.717) is 13.2 Å². The predicted octanol–water partition coefficient (Wildman–Crippen LogP) is 3.57. The third kappa shape index (κ3) is 5.07. The Morgan fingerprint density at radius 3 is 2.00 bits per heavy atom. The summed E-state index contributed by atoms with van der Waals surface area (Å²) in [4.78, 5) is 2.76. The molecule has 1 N–H and O–H groups in total. The molecule has 0 bridgehead atoms. The molecule has 0 saturated carbocycles. The van der Waals surface area contributed by atoms with Crippen molar-refractivity contribution in [3.63, 3.8) is 0 Å². The van der Waals surface area contributed by atoms with Gasteiger partial charge in [-0.15, -0.1) is 0 Å². The zero-order valence-electron chi connectivity index (χ0n) is 15.1. The van der Waals surface area contributed by atoms with E-state index in [1.807, 2.05) is 67.6 Å². The SMILES string of the molecule is C[C@H]1O[C@@H](N=[N+]=[N-])[C@H](O)[C@@H](OCc2ccccc2)[C@@H]1OCc1ccccc1. The van der Waals surface area contributed by atoms with Gasteiger partial charge in [0.25, 0.3) is 0 Å². The fourth-order valence-electron chi connectivity index (χ4n) is 3.11. The molecule has 1 aliphatic rings. The van der Waals surface area contributed by atoms with E-state index in [4.69, 9.17) is 19.7 Å². The van der Waals surface area contributed by atoms with E-state index in [9.17, 15) is 5.11 Å². The number of aliphatic hydroxyl groups is 1. The van der Waals surface area contributed by atoms with Gasteiger partial charge in [-0.1, -0.05) is 65.8 Å². The van der Waals surface area contributed by atoms with E-state index >= 15 is 0 Å². The highest BCUT2D eigenvalue weighted by atomic mass is 16.6. The van der Waals surface area contributed by atoms with Crippen molar-refractivity contribution in [2.45, 2.75) is 50.8 Å². The van der Waals surface area contributed by atoms with Crippen molar-refractivity contribution in [3.8, 4) is 0 Å². The Labute approximate surface area is 158 Å². The van der Waals surface area contributed by atoms with Gasteiger partial charge in [0.05, 0.1) is 19.3 Å². The van der Waals surface area contributed by atoms with Crippen molar-refractivity contribution in [1.29, 1.82) is 0 Å². The Kier molecular flexibility index (Phi) is 6.81. The highest BCUT2D eigenvalue weighted by Gasteiger charge is 2.44. The molecule has 2 aromatic carbocycles. The van der Waals surface area contributed by atoms with Gasteiger partial charge in [0, 0.05) is 4.91 Å². The van der Waals surface area contributed by atoms with E-state index in [1.54, 1.807) is 0 Å². The number of rotatable bonds is 7. The van der Waals surface area contributed by atoms with Gasteiger partial charge < -0.3 is 19.3 Å². The zero-order valence-corrected chi connectivity index (χ0v) is 15.1. The largest absolute Gasteiger partial charge is 0.387 e. The summed E-state index contributed by atoms with van der Waals surface area (Å²) < 4.78 is 17.7. The summed E-state index contributed by atoms with van der Waals surface area (Å²) in [6, 6.07) is 19.4. The van der Waals surface area contributed by atoms with Crippen LogP contribution in [-0.2, 0) is 27.4 Å². The minimum absolute atomic E-state index is 0.309. The van der Waals surface area contributed by atoms with E-state index < -0.39 is 30.6 Å². The van der Waals surface area contributed by atoms with Gasteiger partial charge in [-0.2, -0.15) is 0 Å². The van der Waals surface area contributed by atoms with Crippen LogP contribution in [0, 0.1) is 0 Å². The van der Waals surface area contributed by atoms with Gasteiger partial charge in [0.2, 0.25) is 0 Å². The van der Waals surface area contributed by atoms with Crippen molar-refractivity contribution >= 4 is 0 Å². The first-order valence-electron chi connectivity index (χ1n) is 8.88. The summed E-state index contributed by atoms with van der Waals surface area (Å²) in [7, 11) is 0. The first-order valence-corrected chi connectivity index (χ1v) is 8.88. The second-order valence-electron chi connectivity index (χ2n) is 6.45. The van der Waals surface area contributed by atoms with E-state index in [0.717, 1.165) is 11.1 Å². The van der Waals surface area contributed by atoms with Crippen LogP contribution in [0.3, 0.4) is 0 Å². The van der Waals surface area contributed by atoms with Crippen LogP contribution >= 0.6 is 0 Å². The third-order valence-corrected chi connectivity index (χ3v) is 4.51. The number of nitrogens with zero attached hydrogens (tertiary/aromatic N) is 3. The molecule has 1 fully saturated rings. The smallest absolute Gasteiger partial charge is 0.165 e. The van der Waals surface area contributed by atoms with Crippen molar-refractivity contribution in [3.05, 3.63) is 82.2 Å². The summed E-state index contributed by atoms with van der Waals surface area (Å²) >= 11 is 0. The summed E-state index contributed by atoms with van der Waals surface area (Å²) in [5.41, 5.74) is 10.7. The highest BCUT2D eigenvalue weighted by Crippen LogP contribution is 2.28. The number of azide groups is 1. The maximum absolute atomic E-state index is 10.6. The minimum atomic E-state index is -1.12. The lowest BCUT2D eigenvalue weighted by atomic mass is 9.98. The second kappa shape index (κ2) is 9.50. The average Bonchev–Trinajstić information content (AvgIpc) is 2.70. The van der Waals surface area contributed by atoms with Crippen LogP contribution in [0.15, 0.2) is 65.8 Å². The van der Waals surface area contributed by atoms with Crippen LogP contribution in [0.2, 0.25) is 0 Å². The van der Waals surface area contributed by atoms with E-state index in [-0.39, 0.29) is 0 Å². The number of hydrogen-bond donors (Lipinski definition) is 1. The highest BCUT2D eigenvalue weighted by molar-refractivity contribution is 5.14. The van der Waals surface area contributed by atoms with Crippen LogP contribution < -0.4 is 0 Å². The fourth-order valence-corrected chi connectivity index (χ4v) is 3.11. The van der Waals surface area contributed by atoms with Crippen molar-refractivity contribution < 1.29 is 19.3 Å². The molecule has 0 unspecified atom stereocenters. The molecule has 0 amide bonds. The van der Waals surface area contributed by atoms with Crippen LogP contribution in [0.5, 0.6) is 0 Å². The summed E-state index contributed by atoms with van der Waals surface area (Å²) in [6.07, 6.45) is -3.74. The standard InChI is InChI=1S/C20H23N3O4/c1-14-18(25-12-15-8-4-2-5-9-15)19(17(24)20(27-14)22-23-21)26-13-16-10-6-3-7-11-16/h2-11,14,17-20,24H,12-13H2,1H3/t14-,17-,18-,19-,20-/m1/s1. The molecule has 27 heavy (non-hydrogen) atoms. The molecular formula is C20H23N3O4. The maximum atomic E-state index is 10.6. The quantitative estimate of drug-likeness (QED) is 0.458. The molecule has 2 aromatic rings. The lowest BCUT2D eigenvalue weighted by Gasteiger charge is -2.42. The van der Waals surface area contributed by atoms with Crippen molar-refractivity contribution in [1.82, 2.24) is 0 Å². The molecule has 0 radical (unpaired) electrons. The minimum Gasteiger partial charge on any atom is -0.387 e. The third-order valence-electron chi connectivity index (χ3n) is 4.51. The lowest BCUT2D eigenvalue weighted by Crippen LogP contribution is -2.57. The number of benzene rings is 2. The molecule has 7 nitrogen and oxygen atoms in total. The summed E-state index contributed by atoms with van der Waals surface area (Å²) in [6.45, 7) is 2.49. The molecular weight excluding hydrogens is 346 g/mol. The summed E-state index contributed by atoms with van der Waals surface area (Å²) in [5.74, 6) is 0. The Balaban J connectivity index is 1.73. The molecule has 142 valence electrons. The Bertz CT molecular complexity index is 752. The molecule has 1 aliphatic heterocycles. The topological polar surface area (TPSA) is 96.7 Å². The van der Waals surface area contributed by atoms with Gasteiger partial charge in [0.1, 0.15) is 18.3 Å². The van der Waals surface area contributed by atoms with Gasteiger partial charge in [-0.25, -0.2) is 0 Å². The predicted molar refractivity (Wildman–Crippen MR) is 99.5 cm³/mol. The molecule has 0 aromatic heterocycles. The Morgan fingerprint density at radius 2 is 1.48 bits per heavy atom. The maximum Gasteiger partial charge on any atom is 0.165 e. The molecule has 1 heterocycles. The van der Waals surface area contributed by atoms with Gasteiger partial charge in [-0.3, -0.25) is 0 Å². The molecule has 0 spiro atoms. The number of ether oxygens (including phenoxy) is 3. The average molecular weight is 369 g/mol. The second-order valence-corrected chi connectivity index (χ2v) is 6.45. The van der Waals surface area contributed by atoms with Gasteiger partial charge >= 0.3 is 0 Å². The number of aliphatic hydroxyl groups excluding tert-OH is 1. The summed E-state index contributed by atoms with van der Waals surface area (Å²) in [5, 5.41) is 14.2. The van der Waals surface area contributed by atoms with Crippen LogP contribution in [0.1, 0.15) is 18.1 Å². The van der Waals surface area contributed by atoms with Crippen molar-refractivity contribution in [2.75, 3.05) is 0 Å². The molecule has 5 atom stereocenters. The first kappa shape index (κ1) is 19.4. The monoisotopic (exact) mass is 369 g/mol. The van der Waals surface area contributed by atoms with E-state index in [2.05, 4.69) is 10.0 Å². The Hall–Kier alpha value is -2.41. The van der Waals surface area contributed by atoms with Gasteiger partial charge in [0.15, 0.2) is 6.23 Å². The van der Waals surface area contributed by atoms with Gasteiger partial charge in [-0.05, 0) is 23.6 Å². The molecule has 0 aliphatic carbocycles. The normalized spacial score (nSPS) is 27.7. The van der Waals surface area contributed by atoms with Crippen LogP contribution in [0.4, 0.5) is 0 Å². The fraction of sp³-hybridized carbons (Fsp3) is 0.400. The molecule has 3 rings (SSSR count). The first-order chi connectivity index (χ1) is 13.2. The number of hydrogen-bond acceptors (Lipinski definition) is 5.